The Hall–Kier alpha value is -4.06. The number of phenols is 1. The molecule has 6 nitrogen and oxygen atoms in total. The molecule has 0 unspecified atom stereocenters. The van der Waals surface area contributed by atoms with Gasteiger partial charge in [0.2, 0.25) is 0 Å². The van der Waals surface area contributed by atoms with Crippen molar-refractivity contribution in [3.05, 3.63) is 84.1 Å². The molecule has 4 rings (SSSR count). The van der Waals surface area contributed by atoms with Gasteiger partial charge in [-0.15, -0.1) is 0 Å². The molecule has 0 amide bonds. The molecular formula is C24H19NO5. The number of benzene rings is 3. The molecule has 0 atom stereocenters. The number of aromatic hydroxyl groups is 1. The Labute approximate surface area is 173 Å². The Kier molecular flexibility index (Phi) is 5.22. The van der Waals surface area contributed by atoms with Gasteiger partial charge in [0.05, 0.1) is 25.3 Å². The number of hydrogen-bond acceptors (Lipinski definition) is 6. The molecule has 150 valence electrons. The van der Waals surface area contributed by atoms with Crippen LogP contribution in [0.2, 0.25) is 0 Å². The van der Waals surface area contributed by atoms with Crippen LogP contribution in [-0.2, 0) is 0 Å². The zero-order valence-electron chi connectivity index (χ0n) is 16.5. The summed E-state index contributed by atoms with van der Waals surface area (Å²) in [5.41, 5.74) is 1.49. The van der Waals surface area contributed by atoms with Crippen LogP contribution in [0.4, 0.5) is 0 Å². The molecule has 6 heteroatoms. The van der Waals surface area contributed by atoms with Crippen molar-refractivity contribution in [2.75, 3.05) is 14.2 Å². The van der Waals surface area contributed by atoms with Gasteiger partial charge in [-0.3, -0.25) is 9.78 Å². The second-order valence-corrected chi connectivity index (χ2v) is 6.51. The monoisotopic (exact) mass is 401 g/mol. The number of pyridine rings is 1. The number of ketones is 1. The highest BCUT2D eigenvalue weighted by atomic mass is 16.5. The second kappa shape index (κ2) is 8.13. The number of phenolic OH excluding ortho intramolecular Hbond substituents is 1. The zero-order valence-corrected chi connectivity index (χ0v) is 16.5. The molecule has 30 heavy (non-hydrogen) atoms. The van der Waals surface area contributed by atoms with Crippen molar-refractivity contribution in [2.45, 2.75) is 0 Å². The van der Waals surface area contributed by atoms with Crippen molar-refractivity contribution in [1.29, 1.82) is 0 Å². The van der Waals surface area contributed by atoms with E-state index in [0.29, 0.717) is 45.0 Å². The molecule has 0 saturated heterocycles. The van der Waals surface area contributed by atoms with Crippen LogP contribution in [0.1, 0.15) is 15.9 Å². The predicted octanol–water partition coefficient (Wildman–Crippen LogP) is 4.98. The Bertz CT molecular complexity index is 1220. The maximum Gasteiger partial charge on any atom is 0.196 e. The van der Waals surface area contributed by atoms with Gasteiger partial charge in [0, 0.05) is 23.2 Å². The highest BCUT2D eigenvalue weighted by Crippen LogP contribution is 2.38. The summed E-state index contributed by atoms with van der Waals surface area (Å²) in [5, 5.41) is 10.8. The summed E-state index contributed by atoms with van der Waals surface area (Å²) in [6.07, 6.45) is 1.59. The fraction of sp³-hybridized carbons (Fsp3) is 0.0833. The molecule has 0 spiro atoms. The van der Waals surface area contributed by atoms with Crippen LogP contribution in [0.15, 0.2) is 72.9 Å². The molecule has 0 aliphatic carbocycles. The third-order valence-electron chi connectivity index (χ3n) is 4.69. The van der Waals surface area contributed by atoms with Crippen LogP contribution in [0.3, 0.4) is 0 Å². The van der Waals surface area contributed by atoms with E-state index < -0.39 is 0 Å². The van der Waals surface area contributed by atoms with Crippen molar-refractivity contribution in [1.82, 2.24) is 4.98 Å². The molecule has 3 aromatic carbocycles. The summed E-state index contributed by atoms with van der Waals surface area (Å²) in [5.74, 6) is 1.46. The molecule has 0 fully saturated rings. The van der Waals surface area contributed by atoms with E-state index in [-0.39, 0.29) is 11.5 Å². The lowest BCUT2D eigenvalue weighted by atomic mass is 10.0. The SMILES string of the molecule is COc1ccc(Oc2ccnc3cc(OC)c(O)cc23)c(C(=O)c2ccccc2)c1. The van der Waals surface area contributed by atoms with Gasteiger partial charge in [0.25, 0.3) is 0 Å². The molecular weight excluding hydrogens is 382 g/mol. The van der Waals surface area contributed by atoms with E-state index in [9.17, 15) is 9.90 Å². The van der Waals surface area contributed by atoms with Gasteiger partial charge in [-0.25, -0.2) is 0 Å². The number of hydrogen-bond donors (Lipinski definition) is 1. The lowest BCUT2D eigenvalue weighted by molar-refractivity contribution is 0.103. The number of fused-ring (bicyclic) bond motifs is 1. The molecule has 0 aliphatic heterocycles. The van der Waals surface area contributed by atoms with Crippen LogP contribution < -0.4 is 14.2 Å². The van der Waals surface area contributed by atoms with Gasteiger partial charge in [0.15, 0.2) is 17.3 Å². The largest absolute Gasteiger partial charge is 0.504 e. The lowest BCUT2D eigenvalue weighted by Crippen LogP contribution is -2.04. The standard InChI is InChI=1S/C24H19NO5/c1-28-16-8-9-21(18(12-16)24(27)15-6-4-3-5-7-15)30-22-10-11-25-19-14-23(29-2)20(26)13-17(19)22/h3-14,26H,1-2H3. The minimum Gasteiger partial charge on any atom is -0.504 e. The maximum atomic E-state index is 13.1. The van der Waals surface area contributed by atoms with E-state index in [1.807, 2.05) is 6.07 Å². The van der Waals surface area contributed by atoms with E-state index >= 15 is 0 Å². The van der Waals surface area contributed by atoms with Crippen LogP contribution in [0.5, 0.6) is 28.7 Å². The molecule has 4 aromatic rings. The van der Waals surface area contributed by atoms with Crippen LogP contribution in [0, 0.1) is 0 Å². The molecule has 1 heterocycles. The van der Waals surface area contributed by atoms with Crippen molar-refractivity contribution in [2.24, 2.45) is 0 Å². The Morgan fingerprint density at radius 1 is 0.867 bits per heavy atom. The third-order valence-corrected chi connectivity index (χ3v) is 4.69. The first kappa shape index (κ1) is 19.3. The second-order valence-electron chi connectivity index (χ2n) is 6.51. The first-order valence-electron chi connectivity index (χ1n) is 9.22. The Balaban J connectivity index is 1.80. The Morgan fingerprint density at radius 2 is 1.67 bits per heavy atom. The van der Waals surface area contributed by atoms with Gasteiger partial charge >= 0.3 is 0 Å². The quantitative estimate of drug-likeness (QED) is 0.459. The van der Waals surface area contributed by atoms with Gasteiger partial charge in [0.1, 0.15) is 17.2 Å². The number of nitrogens with zero attached hydrogens (tertiary/aromatic N) is 1. The Morgan fingerprint density at radius 3 is 2.40 bits per heavy atom. The van der Waals surface area contributed by atoms with Crippen LogP contribution >= 0.6 is 0 Å². The summed E-state index contributed by atoms with van der Waals surface area (Å²) in [6.45, 7) is 0. The molecule has 0 aliphatic rings. The van der Waals surface area contributed by atoms with Gasteiger partial charge in [-0.05, 0) is 30.3 Å². The highest BCUT2D eigenvalue weighted by molar-refractivity contribution is 6.11. The first-order chi connectivity index (χ1) is 14.6. The van der Waals surface area contributed by atoms with Crippen molar-refractivity contribution in [3.8, 4) is 28.7 Å². The normalized spacial score (nSPS) is 10.6. The fourth-order valence-corrected chi connectivity index (χ4v) is 3.16. The minimum absolute atomic E-state index is 0.0295. The van der Waals surface area contributed by atoms with Crippen molar-refractivity contribution >= 4 is 16.7 Å². The number of carbonyl (C=O) groups excluding carboxylic acids is 1. The summed E-state index contributed by atoms with van der Waals surface area (Å²) in [6, 6.07) is 18.8. The van der Waals surface area contributed by atoms with Crippen molar-refractivity contribution in [3.63, 3.8) is 0 Å². The zero-order chi connectivity index (χ0) is 21.1. The number of ether oxygens (including phenoxy) is 3. The number of aromatic nitrogens is 1. The van der Waals surface area contributed by atoms with E-state index in [0.717, 1.165) is 0 Å². The van der Waals surface area contributed by atoms with Crippen LogP contribution in [-0.4, -0.2) is 30.1 Å². The van der Waals surface area contributed by atoms with Crippen LogP contribution in [0.25, 0.3) is 10.9 Å². The van der Waals surface area contributed by atoms with E-state index in [1.165, 1.54) is 13.2 Å². The summed E-state index contributed by atoms with van der Waals surface area (Å²) in [4.78, 5) is 17.4. The van der Waals surface area contributed by atoms with Gasteiger partial charge < -0.3 is 19.3 Å². The van der Waals surface area contributed by atoms with E-state index in [2.05, 4.69) is 4.98 Å². The maximum absolute atomic E-state index is 13.1. The summed E-state index contributed by atoms with van der Waals surface area (Å²) >= 11 is 0. The predicted molar refractivity (Wildman–Crippen MR) is 113 cm³/mol. The average Bonchev–Trinajstić information content (AvgIpc) is 2.79. The molecule has 1 N–H and O–H groups in total. The van der Waals surface area contributed by atoms with E-state index in [1.54, 1.807) is 67.9 Å². The molecule has 1 aromatic heterocycles. The van der Waals surface area contributed by atoms with Crippen molar-refractivity contribution < 1.29 is 24.1 Å². The summed E-state index contributed by atoms with van der Waals surface area (Å²) in [7, 11) is 3.01. The highest BCUT2D eigenvalue weighted by Gasteiger charge is 2.18. The number of rotatable bonds is 6. The molecule has 0 bridgehead atoms. The van der Waals surface area contributed by atoms with E-state index in [4.69, 9.17) is 14.2 Å². The minimum atomic E-state index is -0.188. The van der Waals surface area contributed by atoms with Gasteiger partial charge in [-0.1, -0.05) is 30.3 Å². The third kappa shape index (κ3) is 3.63. The molecule has 0 saturated carbocycles. The fourth-order valence-electron chi connectivity index (χ4n) is 3.16. The topological polar surface area (TPSA) is 77.9 Å². The molecule has 0 radical (unpaired) electrons. The first-order valence-corrected chi connectivity index (χ1v) is 9.22. The number of methoxy groups -OCH3 is 2. The van der Waals surface area contributed by atoms with Gasteiger partial charge in [-0.2, -0.15) is 0 Å². The number of carbonyl (C=O) groups is 1. The lowest BCUT2D eigenvalue weighted by Gasteiger charge is -2.14. The smallest absolute Gasteiger partial charge is 0.196 e. The summed E-state index contributed by atoms with van der Waals surface area (Å²) < 4.78 is 16.6. The average molecular weight is 401 g/mol.